The molecule has 0 aliphatic carbocycles. The largest absolute Gasteiger partial charge is 0.496 e. The average molecular weight is 310 g/mol. The fourth-order valence-corrected chi connectivity index (χ4v) is 4.48. The second-order valence-corrected chi connectivity index (χ2v) is 7.22. The van der Waals surface area contributed by atoms with Crippen LogP contribution < -0.4 is 4.74 Å². The highest BCUT2D eigenvalue weighted by molar-refractivity contribution is 5.91. The number of ether oxygens (including phenoxy) is 1. The Balaban J connectivity index is 1.66. The molecule has 2 atom stereocenters. The molecule has 2 aromatic rings. The normalized spacial score (nSPS) is 25.7. The Kier molecular flexibility index (Phi) is 4.00. The Morgan fingerprint density at radius 3 is 2.65 bits per heavy atom. The quantitative estimate of drug-likeness (QED) is 0.864. The smallest absolute Gasteiger partial charge is 0.126 e. The van der Waals surface area contributed by atoms with E-state index in [4.69, 9.17) is 4.74 Å². The van der Waals surface area contributed by atoms with Crippen molar-refractivity contribution in [1.29, 1.82) is 0 Å². The molecule has 122 valence electrons. The van der Waals surface area contributed by atoms with Crippen LogP contribution in [0.15, 0.2) is 36.4 Å². The van der Waals surface area contributed by atoms with Crippen molar-refractivity contribution in [1.82, 2.24) is 9.80 Å². The summed E-state index contributed by atoms with van der Waals surface area (Å²) >= 11 is 0. The maximum Gasteiger partial charge on any atom is 0.126 e. The van der Waals surface area contributed by atoms with Crippen molar-refractivity contribution < 1.29 is 4.74 Å². The SMILES string of the molecule is COc1ccc(CN2C[C@@H]3CC[C@H]2CN(C)C3)c2ccccc12. The van der Waals surface area contributed by atoms with E-state index in [9.17, 15) is 0 Å². The molecule has 0 aromatic heterocycles. The number of hydrogen-bond donors (Lipinski definition) is 0. The molecule has 3 nitrogen and oxygen atoms in total. The molecule has 3 saturated heterocycles. The van der Waals surface area contributed by atoms with Gasteiger partial charge in [0.05, 0.1) is 7.11 Å². The fraction of sp³-hybridized carbons (Fsp3) is 0.500. The monoisotopic (exact) mass is 310 g/mol. The van der Waals surface area contributed by atoms with Gasteiger partial charge in [0.1, 0.15) is 5.75 Å². The lowest BCUT2D eigenvalue weighted by molar-refractivity contribution is 0.125. The van der Waals surface area contributed by atoms with Gasteiger partial charge in [0, 0.05) is 37.6 Å². The van der Waals surface area contributed by atoms with Gasteiger partial charge in [-0.3, -0.25) is 4.90 Å². The summed E-state index contributed by atoms with van der Waals surface area (Å²) in [5, 5.41) is 2.56. The molecule has 0 N–H and O–H groups in total. The predicted octanol–water partition coefficient (Wildman–Crippen LogP) is 3.37. The summed E-state index contributed by atoms with van der Waals surface area (Å²) in [6, 6.07) is 13.7. The van der Waals surface area contributed by atoms with Crippen LogP contribution in [0.5, 0.6) is 5.75 Å². The molecule has 3 fully saturated rings. The van der Waals surface area contributed by atoms with E-state index in [1.165, 1.54) is 48.8 Å². The van der Waals surface area contributed by atoms with Gasteiger partial charge < -0.3 is 9.64 Å². The van der Waals surface area contributed by atoms with Gasteiger partial charge in [-0.25, -0.2) is 0 Å². The Labute approximate surface area is 138 Å². The summed E-state index contributed by atoms with van der Waals surface area (Å²) in [6.07, 6.45) is 2.75. The van der Waals surface area contributed by atoms with Crippen molar-refractivity contribution >= 4 is 10.8 Å². The summed E-state index contributed by atoms with van der Waals surface area (Å²) in [4.78, 5) is 5.24. The zero-order valence-electron chi connectivity index (χ0n) is 14.2. The summed E-state index contributed by atoms with van der Waals surface area (Å²) in [7, 11) is 4.03. The molecule has 2 aromatic carbocycles. The Hall–Kier alpha value is -1.58. The van der Waals surface area contributed by atoms with Crippen LogP contribution in [0.25, 0.3) is 10.8 Å². The second kappa shape index (κ2) is 6.14. The van der Waals surface area contributed by atoms with Crippen molar-refractivity contribution in [2.75, 3.05) is 33.8 Å². The van der Waals surface area contributed by atoms with Gasteiger partial charge in [-0.1, -0.05) is 30.3 Å². The first kappa shape index (κ1) is 15.0. The van der Waals surface area contributed by atoms with Crippen LogP contribution in [0.2, 0.25) is 0 Å². The standard InChI is InChI=1S/C20H26N2O/c1-21-11-15-7-9-17(14-21)22(12-15)13-16-8-10-20(23-2)19-6-4-3-5-18(16)19/h3-6,8,10,15,17H,7,9,11-14H2,1-2H3/t15-,17+/m1/s1. The van der Waals surface area contributed by atoms with Crippen LogP contribution in [-0.2, 0) is 6.54 Å². The summed E-state index contributed by atoms with van der Waals surface area (Å²) < 4.78 is 5.54. The van der Waals surface area contributed by atoms with Crippen LogP contribution in [0.1, 0.15) is 18.4 Å². The number of rotatable bonds is 3. The second-order valence-electron chi connectivity index (χ2n) is 7.22. The number of hydrogen-bond acceptors (Lipinski definition) is 3. The highest BCUT2D eigenvalue weighted by Crippen LogP contribution is 2.32. The zero-order valence-corrected chi connectivity index (χ0v) is 14.2. The van der Waals surface area contributed by atoms with E-state index in [2.05, 4.69) is 53.2 Å². The topological polar surface area (TPSA) is 15.7 Å². The first-order chi connectivity index (χ1) is 11.2. The molecule has 0 unspecified atom stereocenters. The third-order valence-electron chi connectivity index (χ3n) is 5.58. The molecule has 5 rings (SSSR count). The highest BCUT2D eigenvalue weighted by atomic mass is 16.5. The zero-order chi connectivity index (χ0) is 15.8. The van der Waals surface area contributed by atoms with Crippen LogP contribution >= 0.6 is 0 Å². The molecule has 3 heteroatoms. The lowest BCUT2D eigenvalue weighted by Crippen LogP contribution is -2.43. The van der Waals surface area contributed by atoms with E-state index in [-0.39, 0.29) is 0 Å². The maximum absolute atomic E-state index is 5.54. The van der Waals surface area contributed by atoms with Crippen molar-refractivity contribution in [2.24, 2.45) is 5.92 Å². The van der Waals surface area contributed by atoms with Gasteiger partial charge in [0.15, 0.2) is 0 Å². The predicted molar refractivity (Wildman–Crippen MR) is 94.9 cm³/mol. The van der Waals surface area contributed by atoms with E-state index in [1.807, 2.05) is 0 Å². The lowest BCUT2D eigenvalue weighted by atomic mass is 9.94. The molecular formula is C20H26N2O. The molecule has 0 spiro atoms. The van der Waals surface area contributed by atoms with Crippen molar-refractivity contribution in [3.05, 3.63) is 42.0 Å². The minimum atomic E-state index is 0.708. The van der Waals surface area contributed by atoms with E-state index in [1.54, 1.807) is 7.11 Å². The number of nitrogens with zero attached hydrogens (tertiary/aromatic N) is 2. The summed E-state index contributed by atoms with van der Waals surface area (Å²) in [6.45, 7) is 4.77. The number of benzene rings is 2. The molecule has 3 aliphatic heterocycles. The highest BCUT2D eigenvalue weighted by Gasteiger charge is 2.33. The maximum atomic E-state index is 5.54. The molecule has 0 amide bonds. The van der Waals surface area contributed by atoms with Crippen molar-refractivity contribution in [2.45, 2.75) is 25.4 Å². The minimum absolute atomic E-state index is 0.708. The fourth-order valence-electron chi connectivity index (χ4n) is 4.48. The summed E-state index contributed by atoms with van der Waals surface area (Å²) in [5.74, 6) is 1.81. The van der Waals surface area contributed by atoms with Gasteiger partial charge >= 0.3 is 0 Å². The number of piperidine rings is 1. The van der Waals surface area contributed by atoms with Crippen LogP contribution in [0, 0.1) is 5.92 Å². The van der Waals surface area contributed by atoms with Gasteiger partial charge in [-0.15, -0.1) is 0 Å². The van der Waals surface area contributed by atoms with E-state index in [0.717, 1.165) is 18.2 Å². The van der Waals surface area contributed by atoms with Gasteiger partial charge in [-0.05, 0) is 42.8 Å². The van der Waals surface area contributed by atoms with Crippen LogP contribution in [-0.4, -0.2) is 49.6 Å². The average Bonchev–Trinajstić information content (AvgIpc) is 2.84. The lowest BCUT2D eigenvalue weighted by Gasteiger charge is -2.36. The summed E-state index contributed by atoms with van der Waals surface area (Å²) in [5.41, 5.74) is 1.43. The van der Waals surface area contributed by atoms with Gasteiger partial charge in [-0.2, -0.15) is 0 Å². The van der Waals surface area contributed by atoms with Crippen molar-refractivity contribution in [3.63, 3.8) is 0 Å². The number of likely N-dealkylation sites (N-methyl/N-ethyl adjacent to an activating group) is 1. The molecular weight excluding hydrogens is 284 g/mol. The van der Waals surface area contributed by atoms with Crippen molar-refractivity contribution in [3.8, 4) is 5.75 Å². The van der Waals surface area contributed by atoms with Crippen LogP contribution in [0.3, 0.4) is 0 Å². The Morgan fingerprint density at radius 1 is 1.00 bits per heavy atom. The minimum Gasteiger partial charge on any atom is -0.496 e. The molecule has 2 bridgehead atoms. The number of fused-ring (bicyclic) bond motifs is 5. The first-order valence-electron chi connectivity index (χ1n) is 8.72. The number of methoxy groups -OCH3 is 1. The molecule has 0 radical (unpaired) electrons. The first-order valence-corrected chi connectivity index (χ1v) is 8.72. The molecule has 3 aliphatic rings. The molecule has 3 heterocycles. The van der Waals surface area contributed by atoms with Crippen LogP contribution in [0.4, 0.5) is 0 Å². The van der Waals surface area contributed by atoms with Gasteiger partial charge in [0.25, 0.3) is 0 Å². The Bertz CT molecular complexity index is 699. The van der Waals surface area contributed by atoms with E-state index in [0.29, 0.717) is 6.04 Å². The third-order valence-corrected chi connectivity index (χ3v) is 5.58. The third kappa shape index (κ3) is 2.84. The Morgan fingerprint density at radius 2 is 1.83 bits per heavy atom. The molecule has 0 saturated carbocycles. The van der Waals surface area contributed by atoms with E-state index < -0.39 is 0 Å². The molecule has 23 heavy (non-hydrogen) atoms. The van der Waals surface area contributed by atoms with Gasteiger partial charge in [0.2, 0.25) is 0 Å². The van der Waals surface area contributed by atoms with E-state index >= 15 is 0 Å².